The van der Waals surface area contributed by atoms with E-state index in [0.29, 0.717) is 5.92 Å². The highest BCUT2D eigenvalue weighted by Gasteiger charge is 2.09. The topological polar surface area (TPSA) is 26.0 Å². The van der Waals surface area contributed by atoms with E-state index < -0.39 is 0 Å². The van der Waals surface area contributed by atoms with Gasteiger partial charge in [-0.3, -0.25) is 0 Å². The Morgan fingerprint density at radius 2 is 1.80 bits per heavy atom. The Balaban J connectivity index is 1.78. The zero-order valence-corrected chi connectivity index (χ0v) is 12.0. The van der Waals surface area contributed by atoms with Gasteiger partial charge in [-0.15, -0.1) is 0 Å². The van der Waals surface area contributed by atoms with Crippen LogP contribution in [0.1, 0.15) is 36.5 Å². The molecule has 3 aromatic rings. The Labute approximate surface area is 119 Å². The van der Waals surface area contributed by atoms with Gasteiger partial charge in [0.05, 0.1) is 6.20 Å². The molecular formula is C18H19NO. The zero-order valence-electron chi connectivity index (χ0n) is 12.0. The molecule has 0 N–H and O–H groups in total. The van der Waals surface area contributed by atoms with Gasteiger partial charge in [-0.2, -0.15) is 0 Å². The predicted molar refractivity (Wildman–Crippen MR) is 81.9 cm³/mol. The number of aromatic nitrogens is 1. The molecule has 0 spiro atoms. The fraction of sp³-hybridized carbons (Fsp3) is 0.278. The van der Waals surface area contributed by atoms with Gasteiger partial charge in [-0.1, -0.05) is 49.3 Å². The average molecular weight is 265 g/mol. The quantitative estimate of drug-likeness (QED) is 0.681. The van der Waals surface area contributed by atoms with Gasteiger partial charge >= 0.3 is 0 Å². The van der Waals surface area contributed by atoms with Gasteiger partial charge in [-0.05, 0) is 47.6 Å². The van der Waals surface area contributed by atoms with Crippen molar-refractivity contribution in [2.75, 3.05) is 0 Å². The molecule has 0 aliphatic heterocycles. The fourth-order valence-electron chi connectivity index (χ4n) is 2.58. The molecule has 1 heterocycles. The first-order valence-electron chi connectivity index (χ1n) is 7.18. The molecule has 0 aliphatic carbocycles. The van der Waals surface area contributed by atoms with Crippen molar-refractivity contribution >= 4 is 11.0 Å². The summed E-state index contributed by atoms with van der Waals surface area (Å²) in [4.78, 5) is 0. The molecular weight excluding hydrogens is 246 g/mol. The third-order valence-electron chi connectivity index (χ3n) is 3.92. The van der Waals surface area contributed by atoms with Crippen LogP contribution in [0.3, 0.4) is 0 Å². The highest BCUT2D eigenvalue weighted by atomic mass is 16.5. The summed E-state index contributed by atoms with van der Waals surface area (Å²) in [5.74, 6) is 0.488. The van der Waals surface area contributed by atoms with E-state index in [0.717, 1.165) is 23.8 Å². The van der Waals surface area contributed by atoms with Crippen LogP contribution in [-0.4, -0.2) is 5.16 Å². The molecule has 0 fully saturated rings. The summed E-state index contributed by atoms with van der Waals surface area (Å²) >= 11 is 0. The lowest BCUT2D eigenvalue weighted by Crippen LogP contribution is -1.98. The summed E-state index contributed by atoms with van der Waals surface area (Å²) in [5.41, 5.74) is 4.97. The van der Waals surface area contributed by atoms with Crippen molar-refractivity contribution < 1.29 is 4.52 Å². The maximum Gasteiger partial charge on any atom is 0.166 e. The molecule has 0 saturated carbocycles. The second-order valence-corrected chi connectivity index (χ2v) is 5.40. The summed E-state index contributed by atoms with van der Waals surface area (Å²) in [7, 11) is 0. The van der Waals surface area contributed by atoms with Gasteiger partial charge in [0.15, 0.2) is 5.58 Å². The normalized spacial score (nSPS) is 12.7. The fourth-order valence-corrected chi connectivity index (χ4v) is 2.58. The summed E-state index contributed by atoms with van der Waals surface area (Å²) < 4.78 is 5.15. The minimum atomic E-state index is 0.488. The molecule has 0 aliphatic rings. The van der Waals surface area contributed by atoms with E-state index in [1.165, 1.54) is 16.7 Å². The van der Waals surface area contributed by atoms with Crippen LogP contribution in [0.4, 0.5) is 0 Å². The van der Waals surface area contributed by atoms with Crippen LogP contribution in [-0.2, 0) is 12.8 Å². The lowest BCUT2D eigenvalue weighted by Gasteiger charge is -2.12. The lowest BCUT2D eigenvalue weighted by molar-refractivity contribution is 0.456. The van der Waals surface area contributed by atoms with Crippen molar-refractivity contribution in [1.29, 1.82) is 0 Å². The predicted octanol–water partition coefficient (Wildman–Crippen LogP) is 4.74. The number of hydrogen-bond donors (Lipinski definition) is 0. The largest absolute Gasteiger partial charge is 0.356 e. The standard InChI is InChI=1S/C18H19NO/c1-3-14-4-6-15(7-5-14)10-13(2)16-8-9-18-17(11-16)12-19-20-18/h4-9,11-13H,3,10H2,1-2H3. The number of rotatable bonds is 4. The van der Waals surface area contributed by atoms with Crippen molar-refractivity contribution in [2.24, 2.45) is 0 Å². The second kappa shape index (κ2) is 5.49. The van der Waals surface area contributed by atoms with Gasteiger partial charge in [0.25, 0.3) is 0 Å². The van der Waals surface area contributed by atoms with Crippen molar-refractivity contribution in [1.82, 2.24) is 5.16 Å². The average Bonchev–Trinajstić information content (AvgIpc) is 2.95. The minimum absolute atomic E-state index is 0.488. The van der Waals surface area contributed by atoms with E-state index in [1.807, 2.05) is 6.07 Å². The van der Waals surface area contributed by atoms with Crippen LogP contribution < -0.4 is 0 Å². The maximum atomic E-state index is 5.15. The molecule has 0 bridgehead atoms. The van der Waals surface area contributed by atoms with Gasteiger partial charge in [-0.25, -0.2) is 0 Å². The molecule has 1 aromatic heterocycles. The zero-order chi connectivity index (χ0) is 13.9. The van der Waals surface area contributed by atoms with Crippen molar-refractivity contribution in [3.8, 4) is 0 Å². The number of aryl methyl sites for hydroxylation is 1. The van der Waals surface area contributed by atoms with Gasteiger partial charge in [0, 0.05) is 5.39 Å². The van der Waals surface area contributed by atoms with Crippen LogP contribution in [0.25, 0.3) is 11.0 Å². The van der Waals surface area contributed by atoms with Crippen LogP contribution in [0.5, 0.6) is 0 Å². The van der Waals surface area contributed by atoms with E-state index in [2.05, 4.69) is 55.4 Å². The molecule has 2 nitrogen and oxygen atoms in total. The Kier molecular flexibility index (Phi) is 3.55. The Bertz CT molecular complexity index is 697. The third-order valence-corrected chi connectivity index (χ3v) is 3.92. The molecule has 0 radical (unpaired) electrons. The van der Waals surface area contributed by atoms with E-state index in [-0.39, 0.29) is 0 Å². The molecule has 20 heavy (non-hydrogen) atoms. The first-order chi connectivity index (χ1) is 9.76. The first-order valence-corrected chi connectivity index (χ1v) is 7.18. The minimum Gasteiger partial charge on any atom is -0.356 e. The van der Waals surface area contributed by atoms with Gasteiger partial charge in [0.2, 0.25) is 0 Å². The van der Waals surface area contributed by atoms with Gasteiger partial charge < -0.3 is 4.52 Å². The molecule has 1 unspecified atom stereocenters. The number of nitrogens with zero attached hydrogens (tertiary/aromatic N) is 1. The van der Waals surface area contributed by atoms with Crippen LogP contribution in [0.15, 0.2) is 53.2 Å². The molecule has 3 rings (SSSR count). The summed E-state index contributed by atoms with van der Waals surface area (Å²) in [5, 5.41) is 4.91. The molecule has 0 saturated heterocycles. The Hall–Kier alpha value is -2.09. The number of hydrogen-bond acceptors (Lipinski definition) is 2. The highest BCUT2D eigenvalue weighted by molar-refractivity contribution is 5.76. The Morgan fingerprint density at radius 3 is 2.55 bits per heavy atom. The molecule has 1 atom stereocenters. The van der Waals surface area contributed by atoms with E-state index in [1.54, 1.807) is 6.20 Å². The number of benzene rings is 2. The third kappa shape index (κ3) is 2.60. The second-order valence-electron chi connectivity index (χ2n) is 5.40. The van der Waals surface area contributed by atoms with Crippen molar-refractivity contribution in [3.05, 3.63) is 65.4 Å². The highest BCUT2D eigenvalue weighted by Crippen LogP contribution is 2.24. The summed E-state index contributed by atoms with van der Waals surface area (Å²) in [6, 6.07) is 15.3. The lowest BCUT2D eigenvalue weighted by atomic mass is 9.92. The van der Waals surface area contributed by atoms with E-state index in [4.69, 9.17) is 4.52 Å². The summed E-state index contributed by atoms with van der Waals surface area (Å²) in [6.45, 7) is 4.45. The SMILES string of the molecule is CCc1ccc(CC(C)c2ccc3oncc3c2)cc1. The molecule has 102 valence electrons. The van der Waals surface area contributed by atoms with Crippen LogP contribution >= 0.6 is 0 Å². The van der Waals surface area contributed by atoms with E-state index >= 15 is 0 Å². The monoisotopic (exact) mass is 265 g/mol. The maximum absolute atomic E-state index is 5.15. The van der Waals surface area contributed by atoms with Crippen molar-refractivity contribution in [2.45, 2.75) is 32.6 Å². The van der Waals surface area contributed by atoms with Crippen molar-refractivity contribution in [3.63, 3.8) is 0 Å². The Morgan fingerprint density at radius 1 is 1.05 bits per heavy atom. The smallest absolute Gasteiger partial charge is 0.166 e. The number of fused-ring (bicyclic) bond motifs is 1. The first kappa shape index (κ1) is 12.9. The van der Waals surface area contributed by atoms with Gasteiger partial charge in [0.1, 0.15) is 0 Å². The summed E-state index contributed by atoms with van der Waals surface area (Å²) in [6.07, 6.45) is 3.93. The van der Waals surface area contributed by atoms with Crippen LogP contribution in [0, 0.1) is 0 Å². The molecule has 2 aromatic carbocycles. The molecule has 0 amide bonds. The molecule has 2 heteroatoms. The van der Waals surface area contributed by atoms with E-state index in [9.17, 15) is 0 Å². The van der Waals surface area contributed by atoms with Crippen LogP contribution in [0.2, 0.25) is 0 Å².